The molecule has 4 aromatic rings. The maximum atomic E-state index is 13.0. The van der Waals surface area contributed by atoms with Gasteiger partial charge in [0.05, 0.1) is 24.7 Å². The molecule has 0 aliphatic rings. The Morgan fingerprint density at radius 3 is 2.48 bits per heavy atom. The maximum Gasteiger partial charge on any atom is 0.329 e. The van der Waals surface area contributed by atoms with Crippen molar-refractivity contribution in [1.82, 2.24) is 14.1 Å². The molecule has 0 unspecified atom stereocenters. The molecule has 0 saturated heterocycles. The van der Waals surface area contributed by atoms with Gasteiger partial charge >= 0.3 is 11.7 Å². The summed E-state index contributed by atoms with van der Waals surface area (Å²) in [7, 11) is 1.59. The lowest BCUT2D eigenvalue weighted by Gasteiger charge is -2.05. The summed E-state index contributed by atoms with van der Waals surface area (Å²) < 4.78 is 8.01. The summed E-state index contributed by atoms with van der Waals surface area (Å²) in [5.41, 5.74) is 3.18. The second kappa shape index (κ2) is 8.59. The molecule has 4 rings (SSSR count). The Bertz CT molecular complexity index is 1360. The molecule has 0 spiro atoms. The largest absolute Gasteiger partial charge is 0.497 e. The fourth-order valence-corrected chi connectivity index (χ4v) is 3.33. The number of hydrogen-bond acceptors (Lipinski definition) is 4. The van der Waals surface area contributed by atoms with Crippen LogP contribution in [0.15, 0.2) is 71.8 Å². The zero-order valence-corrected chi connectivity index (χ0v) is 16.8. The zero-order chi connectivity index (χ0) is 21.8. The predicted molar refractivity (Wildman–Crippen MR) is 116 cm³/mol. The minimum Gasteiger partial charge on any atom is -0.497 e. The lowest BCUT2D eigenvalue weighted by molar-refractivity contribution is -0.137. The molecule has 0 aliphatic heterocycles. The van der Waals surface area contributed by atoms with Gasteiger partial charge in [0.2, 0.25) is 0 Å². The molecule has 7 nitrogen and oxygen atoms in total. The second-order valence-corrected chi connectivity index (χ2v) is 6.89. The van der Waals surface area contributed by atoms with Crippen molar-refractivity contribution in [2.75, 3.05) is 7.11 Å². The first kappa shape index (κ1) is 20.0. The van der Waals surface area contributed by atoms with Gasteiger partial charge in [0.25, 0.3) is 0 Å². The molecule has 2 aromatic carbocycles. The molecule has 0 fully saturated rings. The SMILES string of the molecule is COc1ccc(Cn2c(=O)n(CC(=O)O)c3ccc(C#Cc4cccnc4)cc32)cc1. The smallest absolute Gasteiger partial charge is 0.329 e. The maximum absolute atomic E-state index is 13.0. The Morgan fingerprint density at radius 1 is 1.03 bits per heavy atom. The highest BCUT2D eigenvalue weighted by Gasteiger charge is 2.16. The number of fused-ring (bicyclic) bond motifs is 1. The molecule has 1 N–H and O–H groups in total. The van der Waals surface area contributed by atoms with Gasteiger partial charge in [-0.2, -0.15) is 0 Å². The average Bonchev–Trinajstić information content (AvgIpc) is 3.04. The quantitative estimate of drug-likeness (QED) is 0.509. The van der Waals surface area contributed by atoms with Crippen LogP contribution in [0.2, 0.25) is 0 Å². The Kier molecular flexibility index (Phi) is 5.54. The Morgan fingerprint density at radius 2 is 1.81 bits per heavy atom. The topological polar surface area (TPSA) is 86.3 Å². The molecule has 0 bridgehead atoms. The van der Waals surface area contributed by atoms with E-state index in [0.29, 0.717) is 23.1 Å². The van der Waals surface area contributed by atoms with Gasteiger partial charge in [-0.1, -0.05) is 24.0 Å². The number of carboxylic acids is 1. The number of ether oxygens (including phenoxy) is 1. The van der Waals surface area contributed by atoms with Crippen LogP contribution in [-0.4, -0.2) is 32.3 Å². The molecular formula is C24H19N3O4. The summed E-state index contributed by atoms with van der Waals surface area (Å²) in [5.74, 6) is 5.77. The average molecular weight is 413 g/mol. The van der Waals surface area contributed by atoms with E-state index in [1.54, 1.807) is 36.2 Å². The number of pyridine rings is 1. The van der Waals surface area contributed by atoms with Crippen LogP contribution in [0.1, 0.15) is 16.7 Å². The fourth-order valence-electron chi connectivity index (χ4n) is 3.33. The van der Waals surface area contributed by atoms with E-state index in [2.05, 4.69) is 16.8 Å². The molecule has 2 heterocycles. The minimum atomic E-state index is -1.08. The third kappa shape index (κ3) is 4.33. The summed E-state index contributed by atoms with van der Waals surface area (Å²) in [6, 6.07) is 16.4. The number of carbonyl (C=O) groups is 1. The first-order valence-electron chi connectivity index (χ1n) is 9.55. The monoisotopic (exact) mass is 413 g/mol. The van der Waals surface area contributed by atoms with Crippen molar-refractivity contribution < 1.29 is 14.6 Å². The van der Waals surface area contributed by atoms with E-state index in [4.69, 9.17) is 4.74 Å². The number of methoxy groups -OCH3 is 1. The molecule has 0 amide bonds. The third-order valence-corrected chi connectivity index (χ3v) is 4.82. The van der Waals surface area contributed by atoms with E-state index >= 15 is 0 Å². The van der Waals surface area contributed by atoms with Crippen molar-refractivity contribution in [3.8, 4) is 17.6 Å². The van der Waals surface area contributed by atoms with E-state index < -0.39 is 12.5 Å². The Labute approximate surface area is 178 Å². The number of nitrogens with zero attached hydrogens (tertiary/aromatic N) is 3. The fraction of sp³-hybridized carbons (Fsp3) is 0.125. The van der Waals surface area contributed by atoms with Crippen LogP contribution in [0.25, 0.3) is 11.0 Å². The number of benzene rings is 2. The third-order valence-electron chi connectivity index (χ3n) is 4.82. The number of aliphatic carboxylic acids is 1. The standard InChI is InChI=1S/C24H19N3O4/c1-31-20-9-6-19(7-10-20)15-26-22-13-17(4-5-18-3-2-12-25-14-18)8-11-21(22)27(24(26)30)16-23(28)29/h2-3,6-14H,15-16H2,1H3,(H,28,29). The highest BCUT2D eigenvalue weighted by atomic mass is 16.5. The van der Waals surface area contributed by atoms with Crippen LogP contribution in [0, 0.1) is 11.8 Å². The number of carboxylic acid groups (broad SMARTS) is 1. The van der Waals surface area contributed by atoms with Gasteiger partial charge in [-0.05, 0) is 48.0 Å². The van der Waals surface area contributed by atoms with Crippen molar-refractivity contribution in [2.24, 2.45) is 0 Å². The molecule has 31 heavy (non-hydrogen) atoms. The molecule has 0 radical (unpaired) electrons. The van der Waals surface area contributed by atoms with E-state index in [1.807, 2.05) is 42.5 Å². The van der Waals surface area contributed by atoms with Gasteiger partial charge in [-0.25, -0.2) is 4.79 Å². The normalized spacial score (nSPS) is 10.5. The van der Waals surface area contributed by atoms with Crippen molar-refractivity contribution in [3.63, 3.8) is 0 Å². The lowest BCUT2D eigenvalue weighted by atomic mass is 10.1. The number of hydrogen-bond donors (Lipinski definition) is 1. The molecule has 0 aliphatic carbocycles. The van der Waals surface area contributed by atoms with E-state index in [1.165, 1.54) is 4.57 Å². The van der Waals surface area contributed by atoms with Gasteiger partial charge in [-0.3, -0.25) is 18.9 Å². The van der Waals surface area contributed by atoms with Gasteiger partial charge in [0.1, 0.15) is 12.3 Å². The number of aromatic nitrogens is 3. The van der Waals surface area contributed by atoms with Crippen LogP contribution in [-0.2, 0) is 17.9 Å². The van der Waals surface area contributed by atoms with Crippen LogP contribution in [0.4, 0.5) is 0 Å². The minimum absolute atomic E-state index is 0.297. The predicted octanol–water partition coefficient (Wildman–Crippen LogP) is 2.74. The molecule has 0 atom stereocenters. The highest BCUT2D eigenvalue weighted by molar-refractivity contribution is 5.80. The summed E-state index contributed by atoms with van der Waals surface area (Å²) in [4.78, 5) is 28.4. The van der Waals surface area contributed by atoms with Crippen molar-refractivity contribution in [2.45, 2.75) is 13.1 Å². The van der Waals surface area contributed by atoms with Crippen LogP contribution in [0.5, 0.6) is 5.75 Å². The molecule has 7 heteroatoms. The van der Waals surface area contributed by atoms with Crippen molar-refractivity contribution in [3.05, 3.63) is 94.2 Å². The number of imidazole rings is 1. The van der Waals surface area contributed by atoms with Crippen LogP contribution in [0.3, 0.4) is 0 Å². The van der Waals surface area contributed by atoms with Gasteiger partial charge in [0.15, 0.2) is 0 Å². The Balaban J connectivity index is 1.80. The van der Waals surface area contributed by atoms with Crippen LogP contribution < -0.4 is 10.4 Å². The molecule has 0 saturated carbocycles. The van der Waals surface area contributed by atoms with Gasteiger partial charge < -0.3 is 9.84 Å². The zero-order valence-electron chi connectivity index (χ0n) is 16.8. The van der Waals surface area contributed by atoms with E-state index in [9.17, 15) is 14.7 Å². The summed E-state index contributed by atoms with van der Waals surface area (Å²) in [6.07, 6.45) is 3.36. The lowest BCUT2D eigenvalue weighted by Crippen LogP contribution is -2.27. The number of rotatable bonds is 5. The second-order valence-electron chi connectivity index (χ2n) is 6.89. The molecular weight excluding hydrogens is 394 g/mol. The van der Waals surface area contributed by atoms with E-state index in [-0.39, 0.29) is 5.69 Å². The summed E-state index contributed by atoms with van der Waals surface area (Å²) in [6.45, 7) is -0.114. The molecule has 2 aromatic heterocycles. The van der Waals surface area contributed by atoms with E-state index in [0.717, 1.165) is 16.9 Å². The van der Waals surface area contributed by atoms with Gasteiger partial charge in [-0.15, -0.1) is 0 Å². The Hall–Kier alpha value is -4.31. The highest BCUT2D eigenvalue weighted by Crippen LogP contribution is 2.18. The first-order valence-corrected chi connectivity index (χ1v) is 9.55. The van der Waals surface area contributed by atoms with Crippen molar-refractivity contribution in [1.29, 1.82) is 0 Å². The van der Waals surface area contributed by atoms with Crippen molar-refractivity contribution >= 4 is 17.0 Å². The summed E-state index contributed by atoms with van der Waals surface area (Å²) >= 11 is 0. The molecule has 154 valence electrons. The van der Waals surface area contributed by atoms with Gasteiger partial charge in [0, 0.05) is 23.5 Å². The van der Waals surface area contributed by atoms with Crippen LogP contribution >= 0.6 is 0 Å². The summed E-state index contributed by atoms with van der Waals surface area (Å²) in [5, 5.41) is 9.26. The first-order chi connectivity index (χ1) is 15.0.